The molecule has 0 saturated heterocycles. The Morgan fingerprint density at radius 2 is 2.10 bits per heavy atom. The van der Waals surface area contributed by atoms with Crippen molar-refractivity contribution in [2.45, 2.75) is 66.5 Å². The first-order valence-corrected chi connectivity index (χ1v) is 8.20. The van der Waals surface area contributed by atoms with Crippen molar-refractivity contribution >= 4 is 0 Å². The van der Waals surface area contributed by atoms with Crippen LogP contribution in [0.1, 0.15) is 65.5 Å². The summed E-state index contributed by atoms with van der Waals surface area (Å²) in [5, 5.41) is 12.7. The SMILES string of the molecule is CCCNC(c1ccn(CCCC(C)(C)C#N)c1)C(C)C. The third-order valence-electron chi connectivity index (χ3n) is 3.93. The van der Waals surface area contributed by atoms with E-state index < -0.39 is 0 Å². The molecule has 3 heteroatoms. The fraction of sp³-hybridized carbons (Fsp3) is 0.722. The summed E-state index contributed by atoms with van der Waals surface area (Å²) in [5.74, 6) is 0.588. The molecule has 1 aromatic heterocycles. The van der Waals surface area contributed by atoms with Crippen LogP contribution in [0.3, 0.4) is 0 Å². The Balaban J connectivity index is 2.57. The number of nitrogens with zero attached hydrogens (tertiary/aromatic N) is 2. The van der Waals surface area contributed by atoms with E-state index >= 15 is 0 Å². The molecule has 0 bridgehead atoms. The summed E-state index contributed by atoms with van der Waals surface area (Å²) >= 11 is 0. The molecule has 0 aromatic carbocycles. The van der Waals surface area contributed by atoms with Gasteiger partial charge in [-0.15, -0.1) is 0 Å². The van der Waals surface area contributed by atoms with Gasteiger partial charge in [-0.05, 0) is 57.2 Å². The smallest absolute Gasteiger partial charge is 0.0683 e. The molecule has 1 atom stereocenters. The number of hydrogen-bond donors (Lipinski definition) is 1. The van der Waals surface area contributed by atoms with Crippen LogP contribution in [0, 0.1) is 22.7 Å². The second-order valence-electron chi connectivity index (χ2n) is 6.96. The van der Waals surface area contributed by atoms with Crippen molar-refractivity contribution in [3.8, 4) is 6.07 Å². The van der Waals surface area contributed by atoms with Gasteiger partial charge in [-0.2, -0.15) is 5.26 Å². The van der Waals surface area contributed by atoms with Crippen molar-refractivity contribution in [3.63, 3.8) is 0 Å². The van der Waals surface area contributed by atoms with E-state index in [2.05, 4.69) is 55.2 Å². The molecule has 0 amide bonds. The Kier molecular flexibility index (Phi) is 6.98. The lowest BCUT2D eigenvalue weighted by Crippen LogP contribution is -2.26. The Morgan fingerprint density at radius 1 is 1.38 bits per heavy atom. The van der Waals surface area contributed by atoms with Crippen LogP contribution in [0.15, 0.2) is 18.5 Å². The Hall–Kier alpha value is -1.27. The van der Waals surface area contributed by atoms with E-state index in [1.807, 2.05) is 13.8 Å². The van der Waals surface area contributed by atoms with Crippen molar-refractivity contribution in [2.75, 3.05) is 6.54 Å². The summed E-state index contributed by atoms with van der Waals surface area (Å²) in [7, 11) is 0. The maximum Gasteiger partial charge on any atom is 0.0683 e. The zero-order valence-electron chi connectivity index (χ0n) is 14.3. The second-order valence-corrected chi connectivity index (χ2v) is 6.96. The van der Waals surface area contributed by atoms with Gasteiger partial charge in [0.1, 0.15) is 0 Å². The molecule has 118 valence electrons. The first kappa shape index (κ1) is 17.8. The van der Waals surface area contributed by atoms with Crippen molar-refractivity contribution in [1.82, 2.24) is 9.88 Å². The Labute approximate surface area is 130 Å². The van der Waals surface area contributed by atoms with E-state index in [9.17, 15) is 0 Å². The van der Waals surface area contributed by atoms with Crippen molar-refractivity contribution in [1.29, 1.82) is 5.26 Å². The maximum absolute atomic E-state index is 9.05. The average molecular weight is 289 g/mol. The monoisotopic (exact) mass is 289 g/mol. The molecule has 1 unspecified atom stereocenters. The highest BCUT2D eigenvalue weighted by Gasteiger charge is 2.17. The minimum atomic E-state index is -0.209. The molecule has 0 aliphatic heterocycles. The van der Waals surface area contributed by atoms with E-state index in [0.29, 0.717) is 12.0 Å². The minimum absolute atomic E-state index is 0.209. The van der Waals surface area contributed by atoms with Gasteiger partial charge in [0.25, 0.3) is 0 Å². The van der Waals surface area contributed by atoms with Gasteiger partial charge in [0, 0.05) is 25.0 Å². The summed E-state index contributed by atoms with van der Waals surface area (Å²) < 4.78 is 2.26. The lowest BCUT2D eigenvalue weighted by atomic mass is 9.90. The molecular weight excluding hydrogens is 258 g/mol. The molecule has 0 fully saturated rings. The highest BCUT2D eigenvalue weighted by molar-refractivity contribution is 5.16. The van der Waals surface area contributed by atoms with Gasteiger partial charge in [0.05, 0.1) is 11.5 Å². The fourth-order valence-electron chi connectivity index (χ4n) is 2.58. The van der Waals surface area contributed by atoms with Crippen molar-refractivity contribution < 1.29 is 0 Å². The van der Waals surface area contributed by atoms with Crippen LogP contribution < -0.4 is 5.32 Å². The van der Waals surface area contributed by atoms with Gasteiger partial charge in [-0.1, -0.05) is 20.8 Å². The largest absolute Gasteiger partial charge is 0.354 e. The third kappa shape index (κ3) is 5.93. The molecule has 0 spiro atoms. The van der Waals surface area contributed by atoms with E-state index in [0.717, 1.165) is 32.4 Å². The molecular formula is C18H31N3. The topological polar surface area (TPSA) is 40.8 Å². The predicted molar refractivity (Wildman–Crippen MR) is 88.9 cm³/mol. The fourth-order valence-corrected chi connectivity index (χ4v) is 2.58. The molecule has 3 nitrogen and oxygen atoms in total. The quantitative estimate of drug-likeness (QED) is 0.726. The first-order valence-electron chi connectivity index (χ1n) is 8.20. The summed E-state index contributed by atoms with van der Waals surface area (Å²) in [6.07, 6.45) is 7.57. The summed E-state index contributed by atoms with van der Waals surface area (Å²) in [4.78, 5) is 0. The molecule has 1 N–H and O–H groups in total. The predicted octanol–water partition coefficient (Wildman–Crippen LogP) is 4.51. The normalized spacial score (nSPS) is 13.4. The van der Waals surface area contributed by atoms with Gasteiger partial charge in [-0.25, -0.2) is 0 Å². The Bertz CT molecular complexity index is 451. The van der Waals surface area contributed by atoms with Gasteiger partial charge < -0.3 is 9.88 Å². The first-order chi connectivity index (χ1) is 9.89. The number of nitrogens with one attached hydrogen (secondary N) is 1. The van der Waals surface area contributed by atoms with E-state index in [1.54, 1.807) is 0 Å². The van der Waals surface area contributed by atoms with Crippen LogP contribution in [-0.4, -0.2) is 11.1 Å². The van der Waals surface area contributed by atoms with Crippen molar-refractivity contribution in [2.24, 2.45) is 11.3 Å². The van der Waals surface area contributed by atoms with Crippen molar-refractivity contribution in [3.05, 3.63) is 24.0 Å². The highest BCUT2D eigenvalue weighted by atomic mass is 15.0. The average Bonchev–Trinajstić information content (AvgIpc) is 2.87. The molecule has 1 heterocycles. The van der Waals surface area contributed by atoms with Crippen LogP contribution in [0.2, 0.25) is 0 Å². The van der Waals surface area contributed by atoms with Gasteiger partial charge >= 0.3 is 0 Å². The van der Waals surface area contributed by atoms with Crippen LogP contribution in [0.4, 0.5) is 0 Å². The zero-order chi connectivity index (χ0) is 15.9. The van der Waals surface area contributed by atoms with Crippen LogP contribution in [-0.2, 0) is 6.54 Å². The standard InChI is InChI=1S/C18H31N3/c1-6-10-20-17(15(2)3)16-8-12-21(13-16)11-7-9-18(4,5)14-19/h8,12-13,15,17,20H,6-7,9-11H2,1-5H3. The third-order valence-corrected chi connectivity index (χ3v) is 3.93. The van der Waals surface area contributed by atoms with Crippen LogP contribution in [0.25, 0.3) is 0 Å². The molecule has 0 radical (unpaired) electrons. The van der Waals surface area contributed by atoms with Crippen LogP contribution in [0.5, 0.6) is 0 Å². The molecule has 0 aliphatic rings. The lowest BCUT2D eigenvalue weighted by Gasteiger charge is -2.21. The zero-order valence-corrected chi connectivity index (χ0v) is 14.3. The summed E-state index contributed by atoms with van der Waals surface area (Å²) in [6.45, 7) is 12.8. The van der Waals surface area contributed by atoms with E-state index in [-0.39, 0.29) is 5.41 Å². The van der Waals surface area contributed by atoms with Gasteiger partial charge in [-0.3, -0.25) is 0 Å². The second kappa shape index (κ2) is 8.24. The van der Waals surface area contributed by atoms with Crippen LogP contribution >= 0.6 is 0 Å². The summed E-state index contributed by atoms with van der Waals surface area (Å²) in [5.41, 5.74) is 1.16. The molecule has 0 saturated carbocycles. The Morgan fingerprint density at radius 3 is 2.67 bits per heavy atom. The number of nitriles is 1. The molecule has 1 aromatic rings. The number of hydrogen-bond acceptors (Lipinski definition) is 2. The highest BCUT2D eigenvalue weighted by Crippen LogP contribution is 2.24. The molecule has 0 aliphatic carbocycles. The molecule has 21 heavy (non-hydrogen) atoms. The minimum Gasteiger partial charge on any atom is -0.354 e. The van der Waals surface area contributed by atoms with Gasteiger partial charge in [0.15, 0.2) is 0 Å². The van der Waals surface area contributed by atoms with E-state index in [4.69, 9.17) is 5.26 Å². The summed E-state index contributed by atoms with van der Waals surface area (Å²) in [6, 6.07) is 5.03. The van der Waals surface area contributed by atoms with Gasteiger partial charge in [0.2, 0.25) is 0 Å². The number of aromatic nitrogens is 1. The lowest BCUT2D eigenvalue weighted by molar-refractivity contribution is 0.408. The maximum atomic E-state index is 9.05. The number of aryl methyl sites for hydroxylation is 1. The molecule has 1 rings (SSSR count). The van der Waals surface area contributed by atoms with E-state index in [1.165, 1.54) is 5.56 Å². The number of rotatable bonds is 9.